The molecule has 122 valence electrons. The maximum Gasteiger partial charge on any atom is 0.229 e. The molecule has 0 aliphatic carbocycles. The molecule has 0 saturated carbocycles. The van der Waals surface area contributed by atoms with Crippen molar-refractivity contribution in [3.05, 3.63) is 65.0 Å². The number of carbonyl (C=O) groups excluding carboxylic acids is 1. The molecule has 2 N–H and O–H groups in total. The summed E-state index contributed by atoms with van der Waals surface area (Å²) < 4.78 is 5.19. The van der Waals surface area contributed by atoms with Gasteiger partial charge < -0.3 is 15.4 Å². The Morgan fingerprint density at radius 1 is 1.17 bits per heavy atom. The molecule has 0 saturated heterocycles. The number of anilines is 3. The summed E-state index contributed by atoms with van der Waals surface area (Å²) in [6, 6.07) is 15.1. The molecule has 3 rings (SSSR count). The molecule has 0 radical (unpaired) electrons. The fourth-order valence-electron chi connectivity index (χ4n) is 2.17. The molecule has 2 aromatic heterocycles. The molecule has 3 aromatic rings. The minimum Gasteiger partial charge on any atom is -0.497 e. The van der Waals surface area contributed by atoms with E-state index in [1.165, 1.54) is 0 Å². The maximum atomic E-state index is 12.0. The topological polar surface area (TPSA) is 63.2 Å². The van der Waals surface area contributed by atoms with Gasteiger partial charge in [0.2, 0.25) is 5.91 Å². The molecule has 0 aliphatic heterocycles. The van der Waals surface area contributed by atoms with E-state index in [9.17, 15) is 4.79 Å². The largest absolute Gasteiger partial charge is 0.497 e. The zero-order valence-electron chi connectivity index (χ0n) is 13.2. The molecule has 1 aromatic carbocycles. The second kappa shape index (κ2) is 7.61. The number of aromatic nitrogens is 1. The van der Waals surface area contributed by atoms with Gasteiger partial charge in [-0.2, -0.15) is 0 Å². The second-order valence-electron chi connectivity index (χ2n) is 5.09. The van der Waals surface area contributed by atoms with E-state index in [0.717, 1.165) is 16.3 Å². The van der Waals surface area contributed by atoms with Crippen molar-refractivity contribution in [2.75, 3.05) is 17.7 Å². The van der Waals surface area contributed by atoms with E-state index in [4.69, 9.17) is 4.74 Å². The number of hydrogen-bond acceptors (Lipinski definition) is 5. The number of thiophene rings is 1. The molecule has 1 amide bonds. The molecule has 24 heavy (non-hydrogen) atoms. The van der Waals surface area contributed by atoms with Gasteiger partial charge in [-0.1, -0.05) is 12.1 Å². The lowest BCUT2D eigenvalue weighted by Crippen LogP contribution is -2.13. The molecule has 0 bridgehead atoms. The highest BCUT2D eigenvalue weighted by Gasteiger charge is 2.05. The molecule has 0 aliphatic rings. The summed E-state index contributed by atoms with van der Waals surface area (Å²) in [5.74, 6) is 1.42. The number of benzene rings is 1. The number of nitrogens with one attached hydrogen (secondary N) is 2. The van der Waals surface area contributed by atoms with Crippen molar-refractivity contribution in [1.82, 2.24) is 4.98 Å². The maximum absolute atomic E-state index is 12.0. The van der Waals surface area contributed by atoms with Crippen molar-refractivity contribution < 1.29 is 9.53 Å². The second-order valence-corrected chi connectivity index (χ2v) is 6.13. The van der Waals surface area contributed by atoms with Gasteiger partial charge in [0, 0.05) is 16.6 Å². The molecule has 0 atom stereocenters. The monoisotopic (exact) mass is 339 g/mol. The van der Waals surface area contributed by atoms with Crippen LogP contribution in [-0.2, 0) is 11.2 Å². The Labute approximate surface area is 144 Å². The van der Waals surface area contributed by atoms with Crippen LogP contribution in [0.5, 0.6) is 5.75 Å². The average molecular weight is 339 g/mol. The first kappa shape index (κ1) is 16.0. The molecule has 5 nitrogen and oxygen atoms in total. The molecule has 2 heterocycles. The quantitative estimate of drug-likeness (QED) is 0.710. The van der Waals surface area contributed by atoms with E-state index < -0.39 is 0 Å². The normalized spacial score (nSPS) is 10.2. The Morgan fingerprint density at radius 3 is 2.79 bits per heavy atom. The number of pyridine rings is 1. The van der Waals surface area contributed by atoms with Gasteiger partial charge in [-0.3, -0.25) is 4.79 Å². The Kier molecular flexibility index (Phi) is 5.08. The van der Waals surface area contributed by atoms with E-state index in [1.807, 2.05) is 53.9 Å². The fourth-order valence-corrected chi connectivity index (χ4v) is 2.87. The Hall–Kier alpha value is -2.86. The summed E-state index contributed by atoms with van der Waals surface area (Å²) in [5.41, 5.74) is 1.56. The Bertz CT molecular complexity index is 801. The zero-order chi connectivity index (χ0) is 16.8. The summed E-state index contributed by atoms with van der Waals surface area (Å²) >= 11 is 1.57. The van der Waals surface area contributed by atoms with Crippen LogP contribution in [0.2, 0.25) is 0 Å². The van der Waals surface area contributed by atoms with Crippen molar-refractivity contribution in [3.8, 4) is 5.75 Å². The summed E-state index contributed by atoms with van der Waals surface area (Å²) in [6.45, 7) is 0. The van der Waals surface area contributed by atoms with Crippen molar-refractivity contribution in [1.29, 1.82) is 0 Å². The minimum absolute atomic E-state index is 0.0484. The van der Waals surface area contributed by atoms with Crippen molar-refractivity contribution in [2.45, 2.75) is 6.42 Å². The van der Waals surface area contributed by atoms with E-state index in [1.54, 1.807) is 24.6 Å². The lowest BCUT2D eigenvalue weighted by atomic mass is 10.3. The highest BCUT2D eigenvalue weighted by atomic mass is 32.1. The molecule has 0 spiro atoms. The molecule has 0 unspecified atom stereocenters. The lowest BCUT2D eigenvalue weighted by Gasteiger charge is -2.08. The van der Waals surface area contributed by atoms with Crippen LogP contribution in [0.4, 0.5) is 17.2 Å². The standard InChI is InChI=1S/C18H17N3O2S/c1-23-15-5-2-4-13(10-15)20-17-8-7-14(12-19-17)21-18(22)11-16-6-3-9-24-16/h2-10,12H,11H2,1H3,(H,19,20)(H,21,22). The highest BCUT2D eigenvalue weighted by Crippen LogP contribution is 2.21. The van der Waals surface area contributed by atoms with E-state index in [0.29, 0.717) is 17.9 Å². The third-order valence-electron chi connectivity index (χ3n) is 3.30. The van der Waals surface area contributed by atoms with Crippen molar-refractivity contribution in [3.63, 3.8) is 0 Å². The van der Waals surface area contributed by atoms with Crippen molar-refractivity contribution >= 4 is 34.4 Å². The third kappa shape index (κ3) is 4.33. The third-order valence-corrected chi connectivity index (χ3v) is 4.18. The van der Waals surface area contributed by atoms with Crippen LogP contribution >= 0.6 is 11.3 Å². The number of nitrogens with zero attached hydrogens (tertiary/aromatic N) is 1. The molecular formula is C18H17N3O2S. The van der Waals surface area contributed by atoms with Crippen LogP contribution < -0.4 is 15.4 Å². The molecule has 6 heteroatoms. The summed E-state index contributed by atoms with van der Waals surface area (Å²) in [5, 5.41) is 8.00. The number of hydrogen-bond donors (Lipinski definition) is 2. The van der Waals surface area contributed by atoms with Gasteiger partial charge in [0.05, 0.1) is 25.4 Å². The first-order valence-corrected chi connectivity index (χ1v) is 8.30. The van der Waals surface area contributed by atoms with Crippen LogP contribution in [0.15, 0.2) is 60.1 Å². The SMILES string of the molecule is COc1cccc(Nc2ccc(NC(=O)Cc3cccs3)cn2)c1. The molecule has 0 fully saturated rings. The summed E-state index contributed by atoms with van der Waals surface area (Å²) in [7, 11) is 1.63. The van der Waals surface area contributed by atoms with E-state index in [-0.39, 0.29) is 5.91 Å². The van der Waals surface area contributed by atoms with Crippen LogP contribution in [0.25, 0.3) is 0 Å². The Balaban J connectivity index is 1.59. The number of ether oxygens (including phenoxy) is 1. The van der Waals surface area contributed by atoms with Gasteiger partial charge in [0.25, 0.3) is 0 Å². The first-order chi connectivity index (χ1) is 11.7. The number of methoxy groups -OCH3 is 1. The number of rotatable bonds is 6. The van der Waals surface area contributed by atoms with Crippen LogP contribution in [0.1, 0.15) is 4.88 Å². The smallest absolute Gasteiger partial charge is 0.229 e. The van der Waals surface area contributed by atoms with Crippen LogP contribution in [0, 0.1) is 0 Å². The van der Waals surface area contributed by atoms with Crippen LogP contribution in [-0.4, -0.2) is 18.0 Å². The lowest BCUT2D eigenvalue weighted by molar-refractivity contribution is -0.115. The van der Waals surface area contributed by atoms with Gasteiger partial charge in [-0.05, 0) is 35.7 Å². The first-order valence-electron chi connectivity index (χ1n) is 7.42. The molecular weight excluding hydrogens is 322 g/mol. The van der Waals surface area contributed by atoms with Gasteiger partial charge in [-0.15, -0.1) is 11.3 Å². The fraction of sp³-hybridized carbons (Fsp3) is 0.111. The predicted molar refractivity (Wildman–Crippen MR) is 97.2 cm³/mol. The minimum atomic E-state index is -0.0484. The van der Waals surface area contributed by atoms with E-state index >= 15 is 0 Å². The Morgan fingerprint density at radius 2 is 2.08 bits per heavy atom. The van der Waals surface area contributed by atoms with E-state index in [2.05, 4.69) is 15.6 Å². The summed E-state index contributed by atoms with van der Waals surface area (Å²) in [4.78, 5) is 17.3. The average Bonchev–Trinajstić information content (AvgIpc) is 3.09. The summed E-state index contributed by atoms with van der Waals surface area (Å²) in [6.07, 6.45) is 2.01. The number of amides is 1. The predicted octanol–water partition coefficient (Wildman–Crippen LogP) is 4.08. The van der Waals surface area contributed by atoms with Crippen LogP contribution in [0.3, 0.4) is 0 Å². The highest BCUT2D eigenvalue weighted by molar-refractivity contribution is 7.10. The van der Waals surface area contributed by atoms with Crippen molar-refractivity contribution in [2.24, 2.45) is 0 Å². The zero-order valence-corrected chi connectivity index (χ0v) is 14.0. The van der Waals surface area contributed by atoms with Gasteiger partial charge in [0.1, 0.15) is 11.6 Å². The van der Waals surface area contributed by atoms with Gasteiger partial charge in [-0.25, -0.2) is 4.98 Å². The number of carbonyl (C=O) groups is 1. The van der Waals surface area contributed by atoms with Gasteiger partial charge in [0.15, 0.2) is 0 Å². The van der Waals surface area contributed by atoms with Gasteiger partial charge >= 0.3 is 0 Å².